The van der Waals surface area contributed by atoms with Crippen molar-refractivity contribution in [3.05, 3.63) is 29.8 Å². The zero-order valence-corrected chi connectivity index (χ0v) is 11.9. The molecule has 0 heterocycles. The van der Waals surface area contributed by atoms with Gasteiger partial charge in [-0.3, -0.25) is 10.2 Å². The van der Waals surface area contributed by atoms with E-state index in [1.807, 2.05) is 43.3 Å². The second kappa shape index (κ2) is 7.34. The third kappa shape index (κ3) is 5.15. The molecule has 2 amide bonds. The number of hydrazine groups is 1. The van der Waals surface area contributed by atoms with Crippen LogP contribution in [0.25, 0.3) is 0 Å². The van der Waals surface area contributed by atoms with E-state index in [4.69, 9.17) is 5.11 Å². The Bertz CT molecular complexity index is 476. The van der Waals surface area contributed by atoms with Crippen molar-refractivity contribution in [3.63, 3.8) is 0 Å². The summed E-state index contributed by atoms with van der Waals surface area (Å²) in [5.41, 5.74) is 4.42. The van der Waals surface area contributed by atoms with E-state index in [1.165, 1.54) is 12.1 Å². The van der Waals surface area contributed by atoms with Crippen molar-refractivity contribution in [2.75, 3.05) is 32.6 Å². The molecule has 3 N–H and O–H groups in total. The molecule has 110 valence electrons. The van der Waals surface area contributed by atoms with Crippen molar-refractivity contribution in [2.45, 2.75) is 6.54 Å². The number of carboxylic acid groups (broad SMARTS) is 1. The van der Waals surface area contributed by atoms with Crippen LogP contribution in [0.3, 0.4) is 0 Å². The minimum absolute atomic E-state index is 0.262. The van der Waals surface area contributed by atoms with Crippen LogP contribution in [0.4, 0.5) is 10.5 Å². The molecule has 0 fully saturated rings. The molecule has 1 aromatic rings. The van der Waals surface area contributed by atoms with Crippen LogP contribution in [0.1, 0.15) is 5.56 Å². The van der Waals surface area contributed by atoms with E-state index < -0.39 is 12.0 Å². The SMILES string of the molecule is CN(CC(=O)O)NC(=O)NCc1ccccc1N(C)C. The van der Waals surface area contributed by atoms with E-state index in [9.17, 15) is 9.59 Å². The summed E-state index contributed by atoms with van der Waals surface area (Å²) in [6.45, 7) is 0.100. The predicted molar refractivity (Wildman–Crippen MR) is 76.4 cm³/mol. The molecule has 0 radical (unpaired) electrons. The Balaban J connectivity index is 2.51. The normalized spacial score (nSPS) is 10.2. The summed E-state index contributed by atoms with van der Waals surface area (Å²) in [6.07, 6.45) is 0. The number of hydrogen-bond donors (Lipinski definition) is 3. The van der Waals surface area contributed by atoms with Gasteiger partial charge in [0.1, 0.15) is 6.54 Å². The molecule has 0 bridgehead atoms. The number of rotatable bonds is 6. The second-order valence-corrected chi connectivity index (χ2v) is 4.57. The van der Waals surface area contributed by atoms with Crippen LogP contribution in [0.15, 0.2) is 24.3 Å². The lowest BCUT2D eigenvalue weighted by Gasteiger charge is -2.19. The van der Waals surface area contributed by atoms with Gasteiger partial charge in [-0.1, -0.05) is 18.2 Å². The Morgan fingerprint density at radius 3 is 2.45 bits per heavy atom. The number of carbonyl (C=O) groups is 2. The Morgan fingerprint density at radius 1 is 1.20 bits per heavy atom. The Morgan fingerprint density at radius 2 is 1.85 bits per heavy atom. The van der Waals surface area contributed by atoms with Crippen LogP contribution in [-0.4, -0.2) is 49.8 Å². The zero-order valence-electron chi connectivity index (χ0n) is 11.9. The van der Waals surface area contributed by atoms with Gasteiger partial charge < -0.3 is 15.3 Å². The molecule has 7 nitrogen and oxygen atoms in total. The zero-order chi connectivity index (χ0) is 15.1. The fourth-order valence-corrected chi connectivity index (χ4v) is 1.73. The van der Waals surface area contributed by atoms with Gasteiger partial charge in [0.15, 0.2) is 0 Å². The van der Waals surface area contributed by atoms with E-state index in [2.05, 4.69) is 10.7 Å². The number of benzene rings is 1. The molecule has 0 spiro atoms. The number of para-hydroxylation sites is 1. The highest BCUT2D eigenvalue weighted by Crippen LogP contribution is 2.17. The van der Waals surface area contributed by atoms with Crippen LogP contribution in [-0.2, 0) is 11.3 Å². The number of likely N-dealkylation sites (N-methyl/N-ethyl adjacent to an activating group) is 1. The van der Waals surface area contributed by atoms with Crippen molar-refractivity contribution in [1.29, 1.82) is 0 Å². The lowest BCUT2D eigenvalue weighted by Crippen LogP contribution is -2.46. The van der Waals surface area contributed by atoms with Gasteiger partial charge in [-0.2, -0.15) is 0 Å². The summed E-state index contributed by atoms with van der Waals surface area (Å²) in [7, 11) is 5.35. The number of carbonyl (C=O) groups excluding carboxylic acids is 1. The molecule has 7 heteroatoms. The smallest absolute Gasteiger partial charge is 0.329 e. The first kappa shape index (κ1) is 15.8. The number of hydrogen-bond acceptors (Lipinski definition) is 4. The van der Waals surface area contributed by atoms with E-state index in [1.54, 1.807) is 0 Å². The molecule has 0 unspecified atom stereocenters. The number of carboxylic acids is 1. The van der Waals surface area contributed by atoms with E-state index in [-0.39, 0.29) is 6.54 Å². The molecule has 0 saturated carbocycles. The molecule has 1 rings (SSSR count). The van der Waals surface area contributed by atoms with Crippen LogP contribution in [0.5, 0.6) is 0 Å². The average molecular weight is 280 g/mol. The Labute approximate surface area is 118 Å². The van der Waals surface area contributed by atoms with E-state index >= 15 is 0 Å². The van der Waals surface area contributed by atoms with Gasteiger partial charge in [-0.15, -0.1) is 0 Å². The third-order valence-corrected chi connectivity index (χ3v) is 2.58. The maximum Gasteiger partial charge on any atom is 0.329 e. The first-order valence-corrected chi connectivity index (χ1v) is 6.12. The third-order valence-electron chi connectivity index (χ3n) is 2.58. The van der Waals surface area contributed by atoms with E-state index in [0.717, 1.165) is 11.3 Å². The fraction of sp³-hybridized carbons (Fsp3) is 0.385. The van der Waals surface area contributed by atoms with Gasteiger partial charge in [0.2, 0.25) is 0 Å². The van der Waals surface area contributed by atoms with Crippen LogP contribution in [0.2, 0.25) is 0 Å². The highest BCUT2D eigenvalue weighted by atomic mass is 16.4. The summed E-state index contributed by atoms with van der Waals surface area (Å²) >= 11 is 0. The van der Waals surface area contributed by atoms with Crippen LogP contribution < -0.4 is 15.6 Å². The van der Waals surface area contributed by atoms with Crippen molar-refractivity contribution >= 4 is 17.7 Å². The van der Waals surface area contributed by atoms with Crippen molar-refractivity contribution in [1.82, 2.24) is 15.8 Å². The highest BCUT2D eigenvalue weighted by Gasteiger charge is 2.09. The quantitative estimate of drug-likeness (QED) is 0.660. The summed E-state index contributed by atoms with van der Waals surface area (Å²) in [5, 5.41) is 12.5. The maximum absolute atomic E-state index is 11.6. The molecular weight excluding hydrogens is 260 g/mol. The summed E-state index contributed by atoms with van der Waals surface area (Å²) in [6, 6.07) is 7.28. The number of amides is 2. The maximum atomic E-state index is 11.6. The largest absolute Gasteiger partial charge is 0.480 e. The molecule has 0 aliphatic carbocycles. The molecule has 20 heavy (non-hydrogen) atoms. The molecular formula is C13H20N4O3. The van der Waals surface area contributed by atoms with Gasteiger partial charge >= 0.3 is 12.0 Å². The van der Waals surface area contributed by atoms with Gasteiger partial charge in [0.25, 0.3) is 0 Å². The van der Waals surface area contributed by atoms with Gasteiger partial charge in [0, 0.05) is 33.4 Å². The van der Waals surface area contributed by atoms with Gasteiger partial charge in [-0.05, 0) is 11.6 Å². The Hall–Kier alpha value is -2.28. The van der Waals surface area contributed by atoms with Crippen LogP contribution >= 0.6 is 0 Å². The molecule has 0 atom stereocenters. The summed E-state index contributed by atoms with van der Waals surface area (Å²) in [5.74, 6) is -1.01. The molecule has 0 aromatic heterocycles. The lowest BCUT2D eigenvalue weighted by atomic mass is 10.1. The monoisotopic (exact) mass is 280 g/mol. The van der Waals surface area contributed by atoms with Gasteiger partial charge in [-0.25, -0.2) is 9.80 Å². The van der Waals surface area contributed by atoms with Gasteiger partial charge in [0.05, 0.1) is 0 Å². The summed E-state index contributed by atoms with van der Waals surface area (Å²) in [4.78, 5) is 24.1. The molecule has 1 aromatic carbocycles. The van der Waals surface area contributed by atoms with Crippen LogP contribution in [0, 0.1) is 0 Å². The highest BCUT2D eigenvalue weighted by molar-refractivity contribution is 5.74. The first-order chi connectivity index (χ1) is 9.40. The standard InChI is InChI=1S/C13H20N4O3/c1-16(2)11-7-5-4-6-10(11)8-14-13(20)15-17(3)9-12(18)19/h4-7H,8-9H2,1-3H3,(H,18,19)(H2,14,15,20). The predicted octanol–water partition coefficient (Wildman–Crippen LogP) is 0.483. The minimum atomic E-state index is -1.01. The number of anilines is 1. The lowest BCUT2D eigenvalue weighted by molar-refractivity contribution is -0.138. The Kier molecular flexibility index (Phi) is 5.79. The number of aliphatic carboxylic acids is 1. The first-order valence-electron chi connectivity index (χ1n) is 6.12. The number of nitrogens with one attached hydrogen (secondary N) is 2. The minimum Gasteiger partial charge on any atom is -0.480 e. The topological polar surface area (TPSA) is 84.9 Å². The molecule has 0 aliphatic heterocycles. The average Bonchev–Trinajstić information content (AvgIpc) is 2.35. The molecule has 0 saturated heterocycles. The van der Waals surface area contributed by atoms with Crippen molar-refractivity contribution in [2.24, 2.45) is 0 Å². The molecule has 0 aliphatic rings. The fourth-order valence-electron chi connectivity index (χ4n) is 1.73. The van der Waals surface area contributed by atoms with Crippen molar-refractivity contribution in [3.8, 4) is 0 Å². The van der Waals surface area contributed by atoms with Crippen molar-refractivity contribution < 1.29 is 14.7 Å². The van der Waals surface area contributed by atoms with E-state index in [0.29, 0.717) is 6.54 Å². The second-order valence-electron chi connectivity index (χ2n) is 4.57. The number of urea groups is 1. The summed E-state index contributed by atoms with van der Waals surface area (Å²) < 4.78 is 0. The number of nitrogens with zero attached hydrogens (tertiary/aromatic N) is 2.